The Bertz CT molecular complexity index is 646. The molecule has 0 unspecified atom stereocenters. The minimum Gasteiger partial charge on any atom is -0.393 e. The lowest BCUT2D eigenvalue weighted by atomic mass is 10.1. The third-order valence-corrected chi connectivity index (χ3v) is 4.38. The van der Waals surface area contributed by atoms with Crippen LogP contribution in [0.5, 0.6) is 0 Å². The molecule has 0 aliphatic carbocycles. The van der Waals surface area contributed by atoms with E-state index in [1.165, 1.54) is 5.69 Å². The first kappa shape index (κ1) is 16.8. The van der Waals surface area contributed by atoms with Crippen LogP contribution >= 0.6 is 0 Å². The first-order chi connectivity index (χ1) is 11.6. The van der Waals surface area contributed by atoms with Gasteiger partial charge in [-0.25, -0.2) is 9.67 Å². The average Bonchev–Trinajstić information content (AvgIpc) is 3.00. The molecule has 1 aliphatic heterocycles. The molecule has 0 radical (unpaired) electrons. The van der Waals surface area contributed by atoms with Gasteiger partial charge in [0.1, 0.15) is 12.2 Å². The maximum absolute atomic E-state index is 9.71. The van der Waals surface area contributed by atoms with E-state index < -0.39 is 0 Å². The lowest BCUT2D eigenvalue weighted by Gasteiger charge is -2.33. The van der Waals surface area contributed by atoms with Gasteiger partial charge in [0.15, 0.2) is 0 Å². The number of nitrogens with zero attached hydrogens (tertiary/aromatic N) is 4. The topological polar surface area (TPSA) is 66.2 Å². The first-order valence-electron chi connectivity index (χ1n) is 8.76. The van der Waals surface area contributed by atoms with Crippen LogP contribution in [0.15, 0.2) is 30.6 Å². The van der Waals surface area contributed by atoms with Crippen LogP contribution < -0.4 is 10.2 Å². The minimum absolute atomic E-state index is 0.157. The van der Waals surface area contributed by atoms with Crippen LogP contribution in [-0.2, 0) is 13.1 Å². The van der Waals surface area contributed by atoms with Crippen molar-refractivity contribution in [2.24, 2.45) is 5.92 Å². The number of benzene rings is 1. The molecule has 2 heterocycles. The van der Waals surface area contributed by atoms with Crippen LogP contribution in [0.3, 0.4) is 0 Å². The van der Waals surface area contributed by atoms with Crippen LogP contribution in [0.4, 0.5) is 11.4 Å². The highest BCUT2D eigenvalue weighted by Crippen LogP contribution is 2.28. The van der Waals surface area contributed by atoms with Gasteiger partial charge in [0.25, 0.3) is 0 Å². The van der Waals surface area contributed by atoms with E-state index in [0.717, 1.165) is 44.0 Å². The van der Waals surface area contributed by atoms with Gasteiger partial charge in [-0.3, -0.25) is 0 Å². The molecular formula is C18H27N5O. The van der Waals surface area contributed by atoms with Crippen LogP contribution in [0, 0.1) is 5.92 Å². The number of para-hydroxylation sites is 2. The second-order valence-corrected chi connectivity index (χ2v) is 6.84. The van der Waals surface area contributed by atoms with Crippen molar-refractivity contribution in [3.8, 4) is 0 Å². The van der Waals surface area contributed by atoms with E-state index in [9.17, 15) is 5.11 Å². The molecule has 1 aliphatic rings. The van der Waals surface area contributed by atoms with Crippen molar-refractivity contribution in [1.82, 2.24) is 14.8 Å². The number of anilines is 2. The third kappa shape index (κ3) is 4.06. The summed E-state index contributed by atoms with van der Waals surface area (Å²) in [5.41, 5.74) is 2.30. The highest BCUT2D eigenvalue weighted by atomic mass is 16.3. The third-order valence-electron chi connectivity index (χ3n) is 4.38. The molecule has 130 valence electrons. The smallest absolute Gasteiger partial charge is 0.146 e. The molecule has 0 amide bonds. The highest BCUT2D eigenvalue weighted by Gasteiger charge is 2.19. The number of aliphatic hydroxyl groups is 1. The molecule has 0 atom stereocenters. The second-order valence-electron chi connectivity index (χ2n) is 6.84. The number of nitrogens with one attached hydrogen (secondary N) is 1. The van der Waals surface area contributed by atoms with Crippen molar-refractivity contribution in [2.75, 3.05) is 23.3 Å². The Morgan fingerprint density at radius 3 is 2.75 bits per heavy atom. The summed E-state index contributed by atoms with van der Waals surface area (Å²) < 4.78 is 1.97. The monoisotopic (exact) mass is 329 g/mol. The van der Waals surface area contributed by atoms with Gasteiger partial charge >= 0.3 is 0 Å². The fourth-order valence-electron chi connectivity index (χ4n) is 3.10. The number of rotatable bonds is 6. The van der Waals surface area contributed by atoms with Crippen LogP contribution in [0.1, 0.15) is 32.5 Å². The van der Waals surface area contributed by atoms with Gasteiger partial charge in [0.05, 0.1) is 24.0 Å². The van der Waals surface area contributed by atoms with Crippen LogP contribution in [0.2, 0.25) is 0 Å². The number of hydrogen-bond donors (Lipinski definition) is 2. The number of aliphatic hydroxyl groups excluding tert-OH is 1. The highest BCUT2D eigenvalue weighted by molar-refractivity contribution is 5.70. The van der Waals surface area contributed by atoms with E-state index in [1.54, 1.807) is 6.33 Å². The lowest BCUT2D eigenvalue weighted by molar-refractivity contribution is 0.145. The van der Waals surface area contributed by atoms with E-state index >= 15 is 0 Å². The summed E-state index contributed by atoms with van der Waals surface area (Å²) in [5.74, 6) is 1.49. The summed E-state index contributed by atoms with van der Waals surface area (Å²) in [5, 5.41) is 17.5. The zero-order valence-electron chi connectivity index (χ0n) is 14.5. The molecule has 1 saturated heterocycles. The maximum Gasteiger partial charge on any atom is 0.146 e. The molecular weight excluding hydrogens is 302 g/mol. The molecule has 3 rings (SSSR count). The maximum atomic E-state index is 9.71. The van der Waals surface area contributed by atoms with E-state index in [4.69, 9.17) is 0 Å². The molecule has 2 aromatic rings. The number of piperidine rings is 1. The standard InChI is InChI=1S/C18H27N5O/c1-14(2)12-23-18(20-13-21-23)11-19-16-5-3-4-6-17(16)22-9-7-15(24)8-10-22/h3-6,13-15,19,24H,7-12H2,1-2H3. The molecule has 0 bridgehead atoms. The number of hydrogen-bond acceptors (Lipinski definition) is 5. The van der Waals surface area contributed by atoms with E-state index in [0.29, 0.717) is 12.5 Å². The minimum atomic E-state index is -0.157. The van der Waals surface area contributed by atoms with Crippen molar-refractivity contribution >= 4 is 11.4 Å². The first-order valence-corrected chi connectivity index (χ1v) is 8.76. The lowest BCUT2D eigenvalue weighted by Crippen LogP contribution is -2.36. The van der Waals surface area contributed by atoms with Gasteiger partial charge in [-0.15, -0.1) is 0 Å². The van der Waals surface area contributed by atoms with E-state index in [1.807, 2.05) is 10.7 Å². The largest absolute Gasteiger partial charge is 0.393 e. The van der Waals surface area contributed by atoms with Gasteiger partial charge in [-0.05, 0) is 30.9 Å². The molecule has 6 heteroatoms. The summed E-state index contributed by atoms with van der Waals surface area (Å²) in [6.07, 6.45) is 3.13. The predicted octanol–water partition coefficient (Wildman–Crippen LogP) is 2.51. The van der Waals surface area contributed by atoms with Gasteiger partial charge < -0.3 is 15.3 Å². The van der Waals surface area contributed by atoms with Crippen molar-refractivity contribution < 1.29 is 5.11 Å². The SMILES string of the molecule is CC(C)Cn1ncnc1CNc1ccccc1N1CCC(O)CC1. The zero-order chi connectivity index (χ0) is 16.9. The van der Waals surface area contributed by atoms with Gasteiger partial charge in [0.2, 0.25) is 0 Å². The predicted molar refractivity (Wildman–Crippen MR) is 96.1 cm³/mol. The van der Waals surface area contributed by atoms with Crippen molar-refractivity contribution in [1.29, 1.82) is 0 Å². The normalized spacial score (nSPS) is 15.9. The summed E-state index contributed by atoms with van der Waals surface area (Å²) in [6, 6.07) is 8.35. The Morgan fingerprint density at radius 2 is 2.00 bits per heavy atom. The Hall–Kier alpha value is -2.08. The van der Waals surface area contributed by atoms with Gasteiger partial charge in [-0.1, -0.05) is 26.0 Å². The molecule has 2 N–H and O–H groups in total. The van der Waals surface area contributed by atoms with E-state index in [2.05, 4.69) is 52.3 Å². The molecule has 1 aromatic carbocycles. The number of aromatic nitrogens is 3. The van der Waals surface area contributed by atoms with Gasteiger partial charge in [0, 0.05) is 19.6 Å². The van der Waals surface area contributed by atoms with Crippen LogP contribution in [-0.4, -0.2) is 39.1 Å². The Kier molecular flexibility index (Phi) is 5.35. The Balaban J connectivity index is 1.69. The van der Waals surface area contributed by atoms with Crippen molar-refractivity contribution in [3.05, 3.63) is 36.4 Å². The summed E-state index contributed by atoms with van der Waals surface area (Å²) >= 11 is 0. The Labute approximate surface area is 143 Å². The van der Waals surface area contributed by atoms with E-state index in [-0.39, 0.29) is 6.10 Å². The fraction of sp³-hybridized carbons (Fsp3) is 0.556. The molecule has 1 fully saturated rings. The molecule has 0 spiro atoms. The average molecular weight is 329 g/mol. The van der Waals surface area contributed by atoms with Crippen LogP contribution in [0.25, 0.3) is 0 Å². The van der Waals surface area contributed by atoms with Gasteiger partial charge in [-0.2, -0.15) is 5.10 Å². The molecule has 24 heavy (non-hydrogen) atoms. The fourth-order valence-corrected chi connectivity index (χ4v) is 3.10. The van der Waals surface area contributed by atoms with Crippen molar-refractivity contribution in [2.45, 2.75) is 45.9 Å². The summed E-state index contributed by atoms with van der Waals surface area (Å²) in [6.45, 7) is 7.67. The molecule has 0 saturated carbocycles. The Morgan fingerprint density at radius 1 is 1.25 bits per heavy atom. The van der Waals surface area contributed by atoms with Crippen molar-refractivity contribution in [3.63, 3.8) is 0 Å². The second kappa shape index (κ2) is 7.66. The molecule has 6 nitrogen and oxygen atoms in total. The summed E-state index contributed by atoms with van der Waals surface area (Å²) in [4.78, 5) is 6.72. The zero-order valence-corrected chi connectivity index (χ0v) is 14.5. The molecule has 1 aromatic heterocycles. The summed E-state index contributed by atoms with van der Waals surface area (Å²) in [7, 11) is 0. The quantitative estimate of drug-likeness (QED) is 0.852.